The van der Waals surface area contributed by atoms with Crippen LogP contribution in [-0.4, -0.2) is 56.6 Å². The van der Waals surface area contributed by atoms with Gasteiger partial charge in [-0.3, -0.25) is 4.79 Å². The van der Waals surface area contributed by atoms with E-state index in [1.807, 2.05) is 48.3 Å². The zero-order chi connectivity index (χ0) is 19.9. The third kappa shape index (κ3) is 5.87. The fourth-order valence-electron chi connectivity index (χ4n) is 3.80. The lowest BCUT2D eigenvalue weighted by molar-refractivity contribution is -0.131. The van der Waals surface area contributed by atoms with Crippen LogP contribution < -0.4 is 9.47 Å². The maximum Gasteiger partial charge on any atom is 0.227 e. The molecular formula is C23H31ClN2O3. The number of carbonyl (C=O) groups excluding carboxylic acids is 1. The van der Waals surface area contributed by atoms with Gasteiger partial charge in [-0.1, -0.05) is 36.4 Å². The van der Waals surface area contributed by atoms with E-state index in [1.54, 1.807) is 14.2 Å². The molecule has 1 atom stereocenters. The van der Waals surface area contributed by atoms with Gasteiger partial charge in [-0.2, -0.15) is 0 Å². The summed E-state index contributed by atoms with van der Waals surface area (Å²) in [5, 5.41) is 0. The number of rotatable bonds is 8. The Labute approximate surface area is 180 Å². The molecule has 1 amide bonds. The van der Waals surface area contributed by atoms with Crippen LogP contribution in [0.4, 0.5) is 0 Å². The van der Waals surface area contributed by atoms with Gasteiger partial charge in [-0.15, -0.1) is 12.4 Å². The second kappa shape index (κ2) is 11.1. The molecule has 158 valence electrons. The molecule has 0 radical (unpaired) electrons. The normalized spacial score (nSPS) is 14.7. The molecule has 2 aromatic rings. The Kier molecular flexibility index (Phi) is 8.80. The minimum absolute atomic E-state index is 0. The first kappa shape index (κ1) is 23.0. The van der Waals surface area contributed by atoms with Crippen molar-refractivity contribution in [3.8, 4) is 11.5 Å². The van der Waals surface area contributed by atoms with Gasteiger partial charge in [-0.25, -0.2) is 0 Å². The van der Waals surface area contributed by atoms with E-state index in [9.17, 15) is 4.79 Å². The average molecular weight is 419 g/mol. The molecule has 1 fully saturated rings. The Bertz CT molecular complexity index is 779. The Balaban J connectivity index is 0.00000300. The summed E-state index contributed by atoms with van der Waals surface area (Å²) in [4.78, 5) is 17.4. The molecule has 0 N–H and O–H groups in total. The molecule has 0 bridgehead atoms. The lowest BCUT2D eigenvalue weighted by atomic mass is 10.0. The quantitative estimate of drug-likeness (QED) is 0.650. The van der Waals surface area contributed by atoms with Crippen molar-refractivity contribution in [1.29, 1.82) is 0 Å². The Morgan fingerprint density at radius 2 is 1.69 bits per heavy atom. The number of halogens is 1. The summed E-state index contributed by atoms with van der Waals surface area (Å²) >= 11 is 0. The Morgan fingerprint density at radius 3 is 2.31 bits per heavy atom. The number of amides is 1. The van der Waals surface area contributed by atoms with Crippen LogP contribution in [0.15, 0.2) is 48.5 Å². The number of hydrogen-bond donors (Lipinski definition) is 0. The van der Waals surface area contributed by atoms with E-state index in [-0.39, 0.29) is 24.4 Å². The SMILES string of the molecule is COc1ccc(CC(=O)N(C)[C@H](CN2CCCC2)c2ccccc2)cc1OC.Cl. The van der Waals surface area contributed by atoms with Gasteiger partial charge in [0.1, 0.15) is 0 Å². The number of carbonyl (C=O) groups is 1. The number of nitrogens with zero attached hydrogens (tertiary/aromatic N) is 2. The topological polar surface area (TPSA) is 42.0 Å². The van der Waals surface area contributed by atoms with E-state index in [2.05, 4.69) is 17.0 Å². The molecule has 1 aliphatic rings. The highest BCUT2D eigenvalue weighted by atomic mass is 35.5. The van der Waals surface area contributed by atoms with Crippen LogP contribution >= 0.6 is 12.4 Å². The molecule has 0 spiro atoms. The number of likely N-dealkylation sites (N-methyl/N-ethyl adjacent to an activating group) is 1. The highest BCUT2D eigenvalue weighted by molar-refractivity contribution is 5.85. The molecule has 6 heteroatoms. The molecule has 3 rings (SSSR count). The zero-order valence-corrected chi connectivity index (χ0v) is 18.3. The van der Waals surface area contributed by atoms with E-state index in [0.29, 0.717) is 17.9 Å². The third-order valence-electron chi connectivity index (χ3n) is 5.48. The molecule has 1 saturated heterocycles. The van der Waals surface area contributed by atoms with Crippen LogP contribution in [0.5, 0.6) is 11.5 Å². The van der Waals surface area contributed by atoms with Crippen molar-refractivity contribution in [3.05, 3.63) is 59.7 Å². The second-order valence-electron chi connectivity index (χ2n) is 7.30. The largest absolute Gasteiger partial charge is 0.493 e. The van der Waals surface area contributed by atoms with Crippen molar-refractivity contribution in [1.82, 2.24) is 9.80 Å². The fraction of sp³-hybridized carbons (Fsp3) is 0.435. The summed E-state index contributed by atoms with van der Waals surface area (Å²) in [5.74, 6) is 1.41. The standard InChI is InChI=1S/C23H30N2O3.ClH/c1-24(23(26)16-18-11-12-21(27-2)22(15-18)28-3)20(17-25-13-7-8-14-25)19-9-5-4-6-10-19;/h4-6,9-12,15,20H,7-8,13-14,16-17H2,1-3H3;1H/t20-;/m1./s1. The lowest BCUT2D eigenvalue weighted by Gasteiger charge is -2.32. The number of likely N-dealkylation sites (tertiary alicyclic amines) is 1. The monoisotopic (exact) mass is 418 g/mol. The fourth-order valence-corrected chi connectivity index (χ4v) is 3.80. The van der Waals surface area contributed by atoms with E-state index in [0.717, 1.165) is 25.2 Å². The highest BCUT2D eigenvalue weighted by Gasteiger charge is 2.25. The van der Waals surface area contributed by atoms with Gasteiger partial charge in [-0.05, 0) is 49.2 Å². The maximum atomic E-state index is 13.1. The van der Waals surface area contributed by atoms with E-state index < -0.39 is 0 Å². The number of methoxy groups -OCH3 is 2. The predicted molar refractivity (Wildman–Crippen MR) is 118 cm³/mol. The van der Waals surface area contributed by atoms with E-state index >= 15 is 0 Å². The Morgan fingerprint density at radius 1 is 1.03 bits per heavy atom. The van der Waals surface area contributed by atoms with Gasteiger partial charge in [0, 0.05) is 13.6 Å². The lowest BCUT2D eigenvalue weighted by Crippen LogP contribution is -2.39. The molecule has 0 aromatic heterocycles. The van der Waals surface area contributed by atoms with E-state index in [4.69, 9.17) is 9.47 Å². The molecule has 0 unspecified atom stereocenters. The molecule has 2 aromatic carbocycles. The minimum Gasteiger partial charge on any atom is -0.493 e. The summed E-state index contributed by atoms with van der Waals surface area (Å²) in [5.41, 5.74) is 2.10. The first-order valence-electron chi connectivity index (χ1n) is 9.86. The van der Waals surface area contributed by atoms with Gasteiger partial charge in [0.05, 0.1) is 26.7 Å². The van der Waals surface area contributed by atoms with Crippen LogP contribution in [-0.2, 0) is 11.2 Å². The average Bonchev–Trinajstić information content (AvgIpc) is 3.25. The van der Waals surface area contributed by atoms with Gasteiger partial charge in [0.25, 0.3) is 0 Å². The van der Waals surface area contributed by atoms with Crippen molar-refractivity contribution >= 4 is 18.3 Å². The first-order valence-corrected chi connectivity index (χ1v) is 9.86. The van der Waals surface area contributed by atoms with Crippen molar-refractivity contribution in [2.24, 2.45) is 0 Å². The molecule has 1 aliphatic heterocycles. The van der Waals surface area contributed by atoms with Crippen LogP contribution in [0, 0.1) is 0 Å². The second-order valence-corrected chi connectivity index (χ2v) is 7.30. The van der Waals surface area contributed by atoms with E-state index in [1.165, 1.54) is 18.4 Å². The third-order valence-corrected chi connectivity index (χ3v) is 5.48. The molecule has 29 heavy (non-hydrogen) atoms. The predicted octanol–water partition coefficient (Wildman–Crippen LogP) is 3.96. The maximum absolute atomic E-state index is 13.1. The Hall–Kier alpha value is -2.24. The van der Waals surface area contributed by atoms with Crippen molar-refractivity contribution in [2.75, 3.05) is 40.9 Å². The zero-order valence-electron chi connectivity index (χ0n) is 17.5. The van der Waals surface area contributed by atoms with Gasteiger partial charge in [0.15, 0.2) is 11.5 Å². The highest BCUT2D eigenvalue weighted by Crippen LogP contribution is 2.29. The van der Waals surface area contributed by atoms with Gasteiger partial charge >= 0.3 is 0 Å². The minimum atomic E-state index is 0. The summed E-state index contributed by atoms with van der Waals surface area (Å²) in [6.45, 7) is 3.10. The van der Waals surface area contributed by atoms with Crippen LogP contribution in [0.25, 0.3) is 0 Å². The van der Waals surface area contributed by atoms with Crippen molar-refractivity contribution in [3.63, 3.8) is 0 Å². The summed E-state index contributed by atoms with van der Waals surface area (Å²) in [6.07, 6.45) is 2.82. The smallest absolute Gasteiger partial charge is 0.227 e. The molecule has 1 heterocycles. The van der Waals surface area contributed by atoms with Crippen molar-refractivity contribution in [2.45, 2.75) is 25.3 Å². The number of benzene rings is 2. The van der Waals surface area contributed by atoms with Crippen LogP contribution in [0.1, 0.15) is 30.0 Å². The number of hydrogen-bond acceptors (Lipinski definition) is 4. The summed E-state index contributed by atoms with van der Waals surface area (Å²) < 4.78 is 10.7. The van der Waals surface area contributed by atoms with Crippen LogP contribution in [0.2, 0.25) is 0 Å². The molecule has 5 nitrogen and oxygen atoms in total. The summed E-state index contributed by atoms with van der Waals surface area (Å²) in [6, 6.07) is 16.0. The molecular weight excluding hydrogens is 388 g/mol. The van der Waals surface area contributed by atoms with Gasteiger partial charge < -0.3 is 19.3 Å². The van der Waals surface area contributed by atoms with Gasteiger partial charge in [0.2, 0.25) is 5.91 Å². The summed E-state index contributed by atoms with van der Waals surface area (Å²) in [7, 11) is 5.13. The number of ether oxygens (including phenoxy) is 2. The van der Waals surface area contributed by atoms with Crippen LogP contribution in [0.3, 0.4) is 0 Å². The first-order chi connectivity index (χ1) is 13.6. The molecule has 0 saturated carbocycles. The van der Waals surface area contributed by atoms with Crippen molar-refractivity contribution < 1.29 is 14.3 Å². The molecule has 0 aliphatic carbocycles.